The van der Waals surface area contributed by atoms with Gasteiger partial charge in [0.25, 0.3) is 0 Å². The average Bonchev–Trinajstić information content (AvgIpc) is 2.32. The van der Waals surface area contributed by atoms with Crippen molar-refractivity contribution in [2.24, 2.45) is 0 Å². The highest BCUT2D eigenvalue weighted by molar-refractivity contribution is 5.64. The van der Waals surface area contributed by atoms with Crippen LogP contribution >= 0.6 is 0 Å². The fraction of sp³-hybridized carbons (Fsp3) is 0.467. The molecular weight excluding hydrogens is 267 g/mol. The molecule has 0 aliphatic rings. The van der Waals surface area contributed by atoms with Crippen LogP contribution in [0.4, 0.5) is 13.2 Å². The van der Waals surface area contributed by atoms with Crippen LogP contribution in [0.1, 0.15) is 32.8 Å². The monoisotopic (exact) mass is 287 g/mol. The van der Waals surface area contributed by atoms with E-state index in [2.05, 4.69) is 23.9 Å². The maximum absolute atomic E-state index is 12.2. The van der Waals surface area contributed by atoms with E-state index in [1.54, 1.807) is 12.1 Å². The quantitative estimate of drug-likeness (QED) is 0.784. The van der Waals surface area contributed by atoms with Gasteiger partial charge in [-0.05, 0) is 43.2 Å². The first-order chi connectivity index (χ1) is 9.28. The molecule has 0 atom stereocenters. The first-order valence-electron chi connectivity index (χ1n) is 6.54. The van der Waals surface area contributed by atoms with Crippen molar-refractivity contribution in [1.82, 2.24) is 5.32 Å². The van der Waals surface area contributed by atoms with Gasteiger partial charge in [-0.3, -0.25) is 0 Å². The first-order valence-corrected chi connectivity index (χ1v) is 6.54. The third-order valence-electron chi connectivity index (χ3n) is 2.67. The topological polar surface area (TPSA) is 21.3 Å². The second-order valence-corrected chi connectivity index (χ2v) is 4.86. The molecule has 112 valence electrons. The molecule has 20 heavy (non-hydrogen) atoms. The molecule has 0 unspecified atom stereocenters. The van der Waals surface area contributed by atoms with Crippen molar-refractivity contribution in [3.8, 4) is 5.75 Å². The summed E-state index contributed by atoms with van der Waals surface area (Å²) < 4.78 is 40.4. The lowest BCUT2D eigenvalue weighted by atomic mass is 10.1. The van der Waals surface area contributed by atoms with E-state index >= 15 is 0 Å². The third-order valence-corrected chi connectivity index (χ3v) is 2.67. The average molecular weight is 287 g/mol. The Morgan fingerprint density at radius 2 is 2.05 bits per heavy atom. The molecule has 1 N–H and O–H groups in total. The Balaban J connectivity index is 2.66. The Kier molecular flexibility index (Phi) is 6.07. The van der Waals surface area contributed by atoms with Crippen molar-refractivity contribution >= 4 is 5.57 Å². The predicted octanol–water partition coefficient (Wildman–Crippen LogP) is 4.38. The molecule has 0 aromatic heterocycles. The zero-order valence-electron chi connectivity index (χ0n) is 11.9. The van der Waals surface area contributed by atoms with E-state index in [0.717, 1.165) is 24.1 Å². The van der Waals surface area contributed by atoms with Crippen LogP contribution in [0.5, 0.6) is 5.75 Å². The fourth-order valence-corrected chi connectivity index (χ4v) is 1.72. The van der Waals surface area contributed by atoms with Gasteiger partial charge >= 0.3 is 6.36 Å². The van der Waals surface area contributed by atoms with E-state index in [-0.39, 0.29) is 5.75 Å². The predicted molar refractivity (Wildman–Crippen MR) is 74.5 cm³/mol. The molecule has 0 spiro atoms. The lowest BCUT2D eigenvalue weighted by molar-refractivity contribution is -0.274. The van der Waals surface area contributed by atoms with Gasteiger partial charge in [0.15, 0.2) is 0 Å². The van der Waals surface area contributed by atoms with Crippen LogP contribution in [0.25, 0.3) is 5.57 Å². The van der Waals surface area contributed by atoms with Crippen LogP contribution in [-0.4, -0.2) is 18.9 Å². The van der Waals surface area contributed by atoms with Crippen molar-refractivity contribution in [2.45, 2.75) is 39.6 Å². The molecule has 0 radical (unpaired) electrons. The molecule has 5 heteroatoms. The van der Waals surface area contributed by atoms with E-state index in [0.29, 0.717) is 6.04 Å². The summed E-state index contributed by atoms with van der Waals surface area (Å²) in [5, 5.41) is 3.28. The molecule has 1 aromatic rings. The highest BCUT2D eigenvalue weighted by Gasteiger charge is 2.31. The van der Waals surface area contributed by atoms with E-state index < -0.39 is 6.36 Å². The van der Waals surface area contributed by atoms with Crippen molar-refractivity contribution in [3.05, 3.63) is 35.9 Å². The SMILES string of the molecule is CC(=CCCNC(C)C)c1cccc(OC(F)(F)F)c1. The smallest absolute Gasteiger partial charge is 0.406 e. The largest absolute Gasteiger partial charge is 0.573 e. The number of halogens is 3. The minimum Gasteiger partial charge on any atom is -0.406 e. The number of ether oxygens (including phenoxy) is 1. The molecule has 1 aromatic carbocycles. The third kappa shape index (κ3) is 6.61. The molecule has 0 bridgehead atoms. The van der Waals surface area contributed by atoms with Crippen molar-refractivity contribution in [3.63, 3.8) is 0 Å². The maximum atomic E-state index is 12.2. The molecule has 0 aliphatic heterocycles. The summed E-state index contributed by atoms with van der Waals surface area (Å²) in [7, 11) is 0. The molecule has 0 saturated heterocycles. The zero-order valence-corrected chi connectivity index (χ0v) is 11.9. The van der Waals surface area contributed by atoms with E-state index in [1.165, 1.54) is 12.1 Å². The van der Waals surface area contributed by atoms with Crippen LogP contribution < -0.4 is 10.1 Å². The summed E-state index contributed by atoms with van der Waals surface area (Å²) in [6.07, 6.45) is -1.83. The Morgan fingerprint density at radius 3 is 2.65 bits per heavy atom. The second kappa shape index (κ2) is 7.33. The van der Waals surface area contributed by atoms with Gasteiger partial charge in [0, 0.05) is 6.04 Å². The van der Waals surface area contributed by atoms with Crippen molar-refractivity contribution < 1.29 is 17.9 Å². The van der Waals surface area contributed by atoms with Gasteiger partial charge in [-0.25, -0.2) is 0 Å². The molecule has 2 nitrogen and oxygen atoms in total. The summed E-state index contributed by atoms with van der Waals surface area (Å²) >= 11 is 0. The van der Waals surface area contributed by atoms with Crippen LogP contribution in [0, 0.1) is 0 Å². The first kappa shape index (κ1) is 16.6. The van der Waals surface area contributed by atoms with Gasteiger partial charge in [0.05, 0.1) is 0 Å². The molecule has 1 rings (SSSR count). The van der Waals surface area contributed by atoms with Crippen molar-refractivity contribution in [2.75, 3.05) is 6.54 Å². The highest BCUT2D eigenvalue weighted by atomic mass is 19.4. The van der Waals surface area contributed by atoms with Crippen LogP contribution in [0.2, 0.25) is 0 Å². The van der Waals surface area contributed by atoms with Crippen LogP contribution in [-0.2, 0) is 0 Å². The summed E-state index contributed by atoms with van der Waals surface area (Å²) in [5.41, 5.74) is 1.67. The van der Waals surface area contributed by atoms with Gasteiger partial charge in [-0.2, -0.15) is 0 Å². The number of benzene rings is 1. The van der Waals surface area contributed by atoms with E-state index in [9.17, 15) is 13.2 Å². The highest BCUT2D eigenvalue weighted by Crippen LogP contribution is 2.25. The summed E-state index contributed by atoms with van der Waals surface area (Å²) in [5.74, 6) is -0.192. The number of alkyl halides is 3. The van der Waals surface area contributed by atoms with Gasteiger partial charge in [0.2, 0.25) is 0 Å². The summed E-state index contributed by atoms with van der Waals surface area (Å²) in [6, 6.07) is 6.44. The molecule has 0 saturated carbocycles. The number of hydrogen-bond donors (Lipinski definition) is 1. The second-order valence-electron chi connectivity index (χ2n) is 4.86. The van der Waals surface area contributed by atoms with E-state index in [1.807, 2.05) is 13.0 Å². The maximum Gasteiger partial charge on any atom is 0.573 e. The molecule has 0 heterocycles. The molecular formula is C15H20F3NO. The Morgan fingerprint density at radius 1 is 1.35 bits per heavy atom. The minimum absolute atomic E-state index is 0.192. The Hall–Kier alpha value is -1.49. The molecule has 0 amide bonds. The van der Waals surface area contributed by atoms with E-state index in [4.69, 9.17) is 0 Å². The van der Waals surface area contributed by atoms with Crippen LogP contribution in [0.3, 0.4) is 0 Å². The Bertz CT molecular complexity index is 453. The molecule has 0 fully saturated rings. The zero-order chi connectivity index (χ0) is 15.2. The number of nitrogens with one attached hydrogen (secondary N) is 1. The lowest BCUT2D eigenvalue weighted by Crippen LogP contribution is -2.23. The normalized spacial score (nSPS) is 12.8. The number of rotatable bonds is 6. The molecule has 0 aliphatic carbocycles. The summed E-state index contributed by atoms with van der Waals surface area (Å²) in [6.45, 7) is 6.85. The van der Waals surface area contributed by atoms with Gasteiger partial charge in [-0.15, -0.1) is 13.2 Å². The van der Waals surface area contributed by atoms with Gasteiger partial charge in [0.1, 0.15) is 5.75 Å². The van der Waals surface area contributed by atoms with Crippen molar-refractivity contribution in [1.29, 1.82) is 0 Å². The lowest BCUT2D eigenvalue weighted by Gasteiger charge is -2.10. The summed E-state index contributed by atoms with van der Waals surface area (Å²) in [4.78, 5) is 0. The Labute approximate surface area is 117 Å². The standard InChI is InChI=1S/C15H20F3NO/c1-11(2)19-9-5-6-12(3)13-7-4-8-14(10-13)20-15(16,17)18/h4,6-8,10-11,19H,5,9H2,1-3H3. The fourth-order valence-electron chi connectivity index (χ4n) is 1.72. The van der Waals surface area contributed by atoms with Gasteiger partial charge < -0.3 is 10.1 Å². The van der Waals surface area contributed by atoms with Gasteiger partial charge in [-0.1, -0.05) is 32.1 Å². The van der Waals surface area contributed by atoms with Crippen LogP contribution in [0.15, 0.2) is 30.3 Å². The number of allylic oxidation sites excluding steroid dienone is 1. The number of hydrogen-bond acceptors (Lipinski definition) is 2. The minimum atomic E-state index is -4.66.